The van der Waals surface area contributed by atoms with Crippen LogP contribution < -0.4 is 4.87 Å². The van der Waals surface area contributed by atoms with Crippen LogP contribution in [0.4, 0.5) is 0 Å². The lowest BCUT2D eigenvalue weighted by Crippen LogP contribution is -2.18. The molecule has 100 valence electrons. The number of aromatic amines is 1. The Morgan fingerprint density at radius 2 is 2.11 bits per heavy atom. The maximum Gasteiger partial charge on any atom is 0.305 e. The summed E-state index contributed by atoms with van der Waals surface area (Å²) in [6.45, 7) is 3.17. The smallest absolute Gasteiger partial charge is 0.305 e. The van der Waals surface area contributed by atoms with Crippen molar-refractivity contribution in [2.45, 2.75) is 19.4 Å². The van der Waals surface area contributed by atoms with Gasteiger partial charge < -0.3 is 4.98 Å². The topological polar surface area (TPSA) is 36.1 Å². The zero-order valence-electron chi connectivity index (χ0n) is 10.5. The monoisotopic (exact) mass is 338 g/mol. The first kappa shape index (κ1) is 13.1. The van der Waals surface area contributed by atoms with Gasteiger partial charge in [-0.3, -0.25) is 9.69 Å². The lowest BCUT2D eigenvalue weighted by atomic mass is 10.1. The Bertz CT molecular complexity index is 628. The van der Waals surface area contributed by atoms with Crippen molar-refractivity contribution in [1.29, 1.82) is 0 Å². The summed E-state index contributed by atoms with van der Waals surface area (Å²) in [4.78, 5) is 18.2. The lowest BCUT2D eigenvalue weighted by Gasteiger charge is -2.14. The number of H-pyrrole nitrogens is 1. The lowest BCUT2D eigenvalue weighted by molar-refractivity contribution is 0.334. The Kier molecular flexibility index (Phi) is 3.86. The summed E-state index contributed by atoms with van der Waals surface area (Å²) in [7, 11) is 0. The van der Waals surface area contributed by atoms with E-state index in [9.17, 15) is 4.79 Å². The highest BCUT2D eigenvalue weighted by molar-refractivity contribution is 9.10. The molecular weight excluding hydrogens is 324 g/mol. The van der Waals surface area contributed by atoms with Crippen molar-refractivity contribution in [1.82, 2.24) is 9.88 Å². The van der Waals surface area contributed by atoms with E-state index < -0.39 is 0 Å². The van der Waals surface area contributed by atoms with Gasteiger partial charge in [-0.05, 0) is 38.1 Å². The Morgan fingerprint density at radius 1 is 1.32 bits per heavy atom. The molecule has 3 nitrogen and oxygen atoms in total. The average molecular weight is 339 g/mol. The molecule has 1 aliphatic heterocycles. The zero-order valence-corrected chi connectivity index (χ0v) is 12.9. The second-order valence-corrected chi connectivity index (χ2v) is 6.79. The third kappa shape index (κ3) is 2.99. The van der Waals surface area contributed by atoms with Crippen molar-refractivity contribution in [3.05, 3.63) is 43.3 Å². The maximum absolute atomic E-state index is 11.7. The molecule has 0 spiro atoms. The minimum Gasteiger partial charge on any atom is -0.312 e. The normalized spacial score (nSPS) is 16.1. The van der Waals surface area contributed by atoms with Gasteiger partial charge in [-0.25, -0.2) is 0 Å². The van der Waals surface area contributed by atoms with Crippen LogP contribution in [0, 0.1) is 0 Å². The number of benzene rings is 1. The van der Waals surface area contributed by atoms with E-state index in [2.05, 4.69) is 25.8 Å². The van der Waals surface area contributed by atoms with E-state index in [4.69, 9.17) is 0 Å². The van der Waals surface area contributed by atoms with E-state index in [1.54, 1.807) is 0 Å². The van der Waals surface area contributed by atoms with Crippen molar-refractivity contribution in [2.24, 2.45) is 0 Å². The number of aromatic nitrogens is 1. The number of likely N-dealkylation sites (tertiary alicyclic amines) is 1. The Balaban J connectivity index is 1.94. The molecule has 1 aromatic carbocycles. The summed E-state index contributed by atoms with van der Waals surface area (Å²) in [5.74, 6) is 0. The van der Waals surface area contributed by atoms with Crippen LogP contribution in [-0.2, 0) is 6.54 Å². The molecule has 1 fully saturated rings. The van der Waals surface area contributed by atoms with E-state index in [0.717, 1.165) is 40.2 Å². The van der Waals surface area contributed by atoms with Crippen LogP contribution in [0.3, 0.4) is 0 Å². The van der Waals surface area contributed by atoms with Gasteiger partial charge in [0.1, 0.15) is 0 Å². The molecule has 1 aliphatic rings. The SMILES string of the molecule is O=c1[nH]c(-c2cccc(Br)c2)c(CN2CCCC2)s1. The van der Waals surface area contributed by atoms with E-state index in [-0.39, 0.29) is 4.87 Å². The maximum atomic E-state index is 11.7. The highest BCUT2D eigenvalue weighted by atomic mass is 79.9. The van der Waals surface area contributed by atoms with Crippen LogP contribution >= 0.6 is 27.3 Å². The molecule has 1 saturated heterocycles. The summed E-state index contributed by atoms with van der Waals surface area (Å²) in [6, 6.07) is 8.07. The minimum atomic E-state index is 0.0316. The number of hydrogen-bond donors (Lipinski definition) is 1. The van der Waals surface area contributed by atoms with Gasteiger partial charge in [-0.15, -0.1) is 0 Å². The van der Waals surface area contributed by atoms with Gasteiger partial charge in [0.15, 0.2) is 0 Å². The largest absolute Gasteiger partial charge is 0.312 e. The predicted molar refractivity (Wildman–Crippen MR) is 82.6 cm³/mol. The van der Waals surface area contributed by atoms with E-state index >= 15 is 0 Å². The van der Waals surface area contributed by atoms with Gasteiger partial charge in [-0.1, -0.05) is 39.4 Å². The number of hydrogen-bond acceptors (Lipinski definition) is 3. The highest BCUT2D eigenvalue weighted by Gasteiger charge is 2.17. The van der Waals surface area contributed by atoms with E-state index in [1.165, 1.54) is 24.2 Å². The number of nitrogens with one attached hydrogen (secondary N) is 1. The summed E-state index contributed by atoms with van der Waals surface area (Å²) < 4.78 is 1.03. The molecule has 3 rings (SSSR count). The van der Waals surface area contributed by atoms with Gasteiger partial charge in [0.05, 0.1) is 5.69 Å². The van der Waals surface area contributed by atoms with Crippen molar-refractivity contribution < 1.29 is 0 Å². The molecule has 5 heteroatoms. The molecule has 2 aromatic rings. The fraction of sp³-hybridized carbons (Fsp3) is 0.357. The van der Waals surface area contributed by atoms with Crippen molar-refractivity contribution in [3.8, 4) is 11.3 Å². The summed E-state index contributed by atoms with van der Waals surface area (Å²) in [5, 5.41) is 0. The summed E-state index contributed by atoms with van der Waals surface area (Å²) >= 11 is 4.81. The number of nitrogens with zero attached hydrogens (tertiary/aromatic N) is 1. The standard InChI is InChI=1S/C14H15BrN2OS/c15-11-5-3-4-10(8-11)13-12(19-14(18)16-13)9-17-6-1-2-7-17/h3-5,8H,1-2,6-7,9H2,(H,16,18). The van der Waals surface area contributed by atoms with Crippen LogP contribution in [0.5, 0.6) is 0 Å². The Hall–Kier alpha value is -0.910. The zero-order chi connectivity index (χ0) is 13.2. The van der Waals surface area contributed by atoms with Crippen LogP contribution in [0.15, 0.2) is 33.5 Å². The first-order valence-electron chi connectivity index (χ1n) is 6.42. The molecular formula is C14H15BrN2OS. The van der Waals surface area contributed by atoms with Gasteiger partial charge in [-0.2, -0.15) is 0 Å². The van der Waals surface area contributed by atoms with Gasteiger partial charge >= 0.3 is 4.87 Å². The van der Waals surface area contributed by atoms with Crippen LogP contribution in [0.2, 0.25) is 0 Å². The first-order chi connectivity index (χ1) is 9.22. The fourth-order valence-electron chi connectivity index (χ4n) is 2.49. The second-order valence-electron chi connectivity index (χ2n) is 4.81. The number of halogens is 1. The van der Waals surface area contributed by atoms with Crippen LogP contribution in [0.25, 0.3) is 11.3 Å². The summed E-state index contributed by atoms with van der Waals surface area (Å²) in [5.41, 5.74) is 2.05. The van der Waals surface area contributed by atoms with Crippen LogP contribution in [-0.4, -0.2) is 23.0 Å². The second kappa shape index (κ2) is 5.61. The molecule has 0 bridgehead atoms. The fourth-order valence-corrected chi connectivity index (χ4v) is 3.79. The molecule has 1 aromatic heterocycles. The molecule has 1 N–H and O–H groups in total. The van der Waals surface area contributed by atoms with Gasteiger partial charge in [0.2, 0.25) is 0 Å². The first-order valence-corrected chi connectivity index (χ1v) is 8.03. The molecule has 0 atom stereocenters. The highest BCUT2D eigenvalue weighted by Crippen LogP contribution is 2.27. The van der Waals surface area contributed by atoms with Crippen molar-refractivity contribution >= 4 is 27.3 Å². The predicted octanol–water partition coefficient (Wildman–Crippen LogP) is 3.46. The van der Waals surface area contributed by atoms with Gasteiger partial charge in [0.25, 0.3) is 0 Å². The third-order valence-electron chi connectivity index (χ3n) is 3.40. The molecule has 0 radical (unpaired) electrons. The average Bonchev–Trinajstić information content (AvgIpc) is 3.00. The van der Waals surface area contributed by atoms with E-state index in [0.29, 0.717) is 0 Å². The number of rotatable bonds is 3. The Labute approximate surface area is 124 Å². The Morgan fingerprint density at radius 3 is 2.84 bits per heavy atom. The van der Waals surface area contributed by atoms with Gasteiger partial charge in [0, 0.05) is 21.5 Å². The van der Waals surface area contributed by atoms with Crippen molar-refractivity contribution in [2.75, 3.05) is 13.1 Å². The molecule has 0 amide bonds. The quantitative estimate of drug-likeness (QED) is 0.930. The molecule has 19 heavy (non-hydrogen) atoms. The molecule has 0 aliphatic carbocycles. The molecule has 0 saturated carbocycles. The minimum absolute atomic E-state index is 0.0316. The number of thiazole rings is 1. The van der Waals surface area contributed by atoms with Crippen molar-refractivity contribution in [3.63, 3.8) is 0 Å². The summed E-state index contributed by atoms with van der Waals surface area (Å²) in [6.07, 6.45) is 2.54. The molecule has 2 heterocycles. The third-order valence-corrected chi connectivity index (χ3v) is 4.76. The molecule has 0 unspecified atom stereocenters. The van der Waals surface area contributed by atoms with Crippen LogP contribution in [0.1, 0.15) is 17.7 Å². The van der Waals surface area contributed by atoms with E-state index in [1.807, 2.05) is 24.3 Å².